The summed E-state index contributed by atoms with van der Waals surface area (Å²) in [5.74, 6) is 2.07. The van der Waals surface area contributed by atoms with Gasteiger partial charge in [-0.2, -0.15) is 0 Å². The van der Waals surface area contributed by atoms with Gasteiger partial charge >= 0.3 is 5.97 Å². The van der Waals surface area contributed by atoms with E-state index in [0.29, 0.717) is 29.5 Å². The molecular formula is C30H46O3. The number of carbonyl (C=O) groups excluding carboxylic acids is 1. The maximum absolute atomic E-state index is 12.9. The fourth-order valence-electron chi connectivity index (χ4n) is 11.3. The topological polar surface area (TPSA) is 54.4 Å². The van der Waals surface area contributed by atoms with E-state index in [4.69, 9.17) is 0 Å². The van der Waals surface area contributed by atoms with E-state index in [1.54, 1.807) is 0 Å². The lowest BCUT2D eigenvalue weighted by Gasteiger charge is -2.72. The third kappa shape index (κ3) is 2.69. The molecule has 184 valence electrons. The Morgan fingerprint density at radius 2 is 1.58 bits per heavy atom. The number of hydrogen-bond donors (Lipinski definition) is 1. The van der Waals surface area contributed by atoms with Gasteiger partial charge in [0, 0.05) is 11.8 Å². The van der Waals surface area contributed by atoms with Crippen LogP contribution in [0.1, 0.15) is 106 Å². The molecule has 0 unspecified atom stereocenters. The van der Waals surface area contributed by atoms with E-state index in [9.17, 15) is 14.7 Å². The number of carbonyl (C=O) groups is 2. The Labute approximate surface area is 201 Å². The van der Waals surface area contributed by atoms with Gasteiger partial charge < -0.3 is 5.11 Å². The fraction of sp³-hybridized carbons (Fsp3) is 0.867. The van der Waals surface area contributed by atoms with Crippen LogP contribution in [0.15, 0.2) is 12.2 Å². The molecule has 5 saturated carbocycles. The molecule has 3 nitrogen and oxygen atoms in total. The molecular weight excluding hydrogens is 408 g/mol. The number of ketones is 1. The predicted octanol–water partition coefficient (Wildman–Crippen LogP) is 7.30. The molecule has 9 atom stereocenters. The van der Waals surface area contributed by atoms with Crippen molar-refractivity contribution in [3.63, 3.8) is 0 Å². The van der Waals surface area contributed by atoms with Gasteiger partial charge in [-0.1, -0.05) is 46.8 Å². The average molecular weight is 455 g/mol. The third-order valence-electron chi connectivity index (χ3n) is 13.2. The standard InChI is InChI=1S/C30H46O3/c1-18(2)19-10-15-30(25(32)33)17-16-28(6)20(24(19)30)8-9-22-27(5)13-12-23(31)26(3,4)21(27)11-14-29(22,28)7/h19-22,24H,1,8-17H2,2-7H3,(H,32,33)/t19-,20-,21-,22+,24-,27+,28-,29+,30-/m1/s1. The number of fused-ring (bicyclic) bond motifs is 7. The maximum Gasteiger partial charge on any atom is 0.309 e. The highest BCUT2D eigenvalue weighted by Gasteiger charge is 2.72. The summed E-state index contributed by atoms with van der Waals surface area (Å²) in [6.45, 7) is 18.5. The van der Waals surface area contributed by atoms with Gasteiger partial charge in [0.25, 0.3) is 0 Å². The number of Topliss-reactive ketones (excluding diaryl/α,β-unsaturated/α-hetero) is 1. The summed E-state index contributed by atoms with van der Waals surface area (Å²) in [7, 11) is 0. The van der Waals surface area contributed by atoms with E-state index in [0.717, 1.165) is 51.4 Å². The smallest absolute Gasteiger partial charge is 0.309 e. The summed E-state index contributed by atoms with van der Waals surface area (Å²) < 4.78 is 0. The number of carboxylic acids is 1. The summed E-state index contributed by atoms with van der Waals surface area (Å²) in [5, 5.41) is 10.5. The van der Waals surface area contributed by atoms with Gasteiger partial charge in [0.05, 0.1) is 5.41 Å². The van der Waals surface area contributed by atoms with Gasteiger partial charge in [0.1, 0.15) is 5.78 Å². The normalized spacial score (nSPS) is 52.8. The first-order valence-electron chi connectivity index (χ1n) is 13.7. The highest BCUT2D eigenvalue weighted by molar-refractivity contribution is 5.85. The van der Waals surface area contributed by atoms with Crippen LogP contribution < -0.4 is 0 Å². The van der Waals surface area contributed by atoms with E-state index < -0.39 is 11.4 Å². The molecule has 5 aliphatic rings. The summed E-state index contributed by atoms with van der Waals surface area (Å²) in [5.41, 5.74) is 1.03. The van der Waals surface area contributed by atoms with E-state index in [-0.39, 0.29) is 27.6 Å². The Morgan fingerprint density at radius 1 is 0.879 bits per heavy atom. The zero-order valence-electron chi connectivity index (χ0n) is 21.9. The van der Waals surface area contributed by atoms with Crippen molar-refractivity contribution in [2.75, 3.05) is 0 Å². The third-order valence-corrected chi connectivity index (χ3v) is 13.2. The minimum atomic E-state index is -0.547. The Bertz CT molecular complexity index is 902. The van der Waals surface area contributed by atoms with Gasteiger partial charge in [-0.15, -0.1) is 0 Å². The van der Waals surface area contributed by atoms with Gasteiger partial charge in [-0.25, -0.2) is 0 Å². The molecule has 5 aliphatic carbocycles. The zero-order valence-corrected chi connectivity index (χ0v) is 21.9. The molecule has 5 rings (SSSR count). The number of allylic oxidation sites excluding steroid dienone is 1. The molecule has 0 aliphatic heterocycles. The molecule has 0 spiro atoms. The minimum Gasteiger partial charge on any atom is -0.481 e. The van der Waals surface area contributed by atoms with Crippen molar-refractivity contribution in [2.24, 2.45) is 56.7 Å². The highest BCUT2D eigenvalue weighted by Crippen LogP contribution is 2.77. The molecule has 3 heteroatoms. The van der Waals surface area contributed by atoms with E-state index >= 15 is 0 Å². The summed E-state index contributed by atoms with van der Waals surface area (Å²) in [6.07, 6.45) is 10.1. The van der Waals surface area contributed by atoms with E-state index in [2.05, 4.69) is 48.1 Å². The van der Waals surface area contributed by atoms with Crippen LogP contribution in [0.2, 0.25) is 0 Å². The second kappa shape index (κ2) is 6.97. The quantitative estimate of drug-likeness (QED) is 0.445. The highest BCUT2D eigenvalue weighted by atomic mass is 16.4. The lowest BCUT2D eigenvalue weighted by Crippen LogP contribution is -2.66. The molecule has 0 aromatic rings. The Kier molecular flexibility index (Phi) is 4.99. The Balaban J connectivity index is 1.57. The van der Waals surface area contributed by atoms with Crippen LogP contribution in [-0.2, 0) is 9.59 Å². The second-order valence-corrected chi connectivity index (χ2v) is 14.3. The molecule has 0 heterocycles. The largest absolute Gasteiger partial charge is 0.481 e. The molecule has 33 heavy (non-hydrogen) atoms. The van der Waals surface area contributed by atoms with Crippen LogP contribution >= 0.6 is 0 Å². The predicted molar refractivity (Wildman–Crippen MR) is 132 cm³/mol. The second-order valence-electron chi connectivity index (χ2n) is 14.3. The maximum atomic E-state index is 12.9. The number of rotatable bonds is 2. The average Bonchev–Trinajstić information content (AvgIpc) is 3.13. The van der Waals surface area contributed by atoms with Crippen molar-refractivity contribution in [2.45, 2.75) is 106 Å². The van der Waals surface area contributed by atoms with Crippen LogP contribution in [0.4, 0.5) is 0 Å². The Hall–Kier alpha value is -1.12. The van der Waals surface area contributed by atoms with Gasteiger partial charge in [0.15, 0.2) is 0 Å². The summed E-state index contributed by atoms with van der Waals surface area (Å²) in [4.78, 5) is 25.7. The lowest BCUT2D eigenvalue weighted by atomic mass is 9.32. The van der Waals surface area contributed by atoms with Crippen LogP contribution in [0.25, 0.3) is 0 Å². The van der Waals surface area contributed by atoms with Crippen LogP contribution in [0, 0.1) is 56.7 Å². The molecule has 0 saturated heterocycles. The van der Waals surface area contributed by atoms with Crippen molar-refractivity contribution in [1.29, 1.82) is 0 Å². The summed E-state index contributed by atoms with van der Waals surface area (Å²) >= 11 is 0. The van der Waals surface area contributed by atoms with Gasteiger partial charge in [-0.3, -0.25) is 9.59 Å². The SMILES string of the molecule is C=C(C)[C@H]1CC[C@@]2(C(=O)O)CC[C@]3(C)[C@H](CC[C@H]4[C@@]5(C)CCC(=O)C(C)(C)[C@H]5CC[C@@]43C)[C@@H]12. The van der Waals surface area contributed by atoms with E-state index in [1.165, 1.54) is 18.4 Å². The van der Waals surface area contributed by atoms with Crippen molar-refractivity contribution in [3.8, 4) is 0 Å². The molecule has 0 amide bonds. The molecule has 1 N–H and O–H groups in total. The Morgan fingerprint density at radius 3 is 2.21 bits per heavy atom. The van der Waals surface area contributed by atoms with Gasteiger partial charge in [0.2, 0.25) is 0 Å². The first-order valence-corrected chi connectivity index (χ1v) is 13.7. The lowest BCUT2D eigenvalue weighted by molar-refractivity contribution is -0.235. The molecule has 0 bridgehead atoms. The summed E-state index contributed by atoms with van der Waals surface area (Å²) in [6, 6.07) is 0. The molecule has 5 fully saturated rings. The minimum absolute atomic E-state index is 0.164. The van der Waals surface area contributed by atoms with Crippen LogP contribution in [-0.4, -0.2) is 16.9 Å². The number of hydrogen-bond acceptors (Lipinski definition) is 2. The molecule has 0 aromatic carbocycles. The van der Waals surface area contributed by atoms with Crippen LogP contribution in [0.3, 0.4) is 0 Å². The molecule has 0 aromatic heterocycles. The molecule has 0 radical (unpaired) electrons. The van der Waals surface area contributed by atoms with E-state index in [1.807, 2.05) is 0 Å². The van der Waals surface area contributed by atoms with Crippen molar-refractivity contribution in [3.05, 3.63) is 12.2 Å². The van der Waals surface area contributed by atoms with Crippen molar-refractivity contribution < 1.29 is 14.7 Å². The first kappa shape index (κ1) is 23.6. The van der Waals surface area contributed by atoms with Crippen LogP contribution in [0.5, 0.6) is 0 Å². The monoisotopic (exact) mass is 454 g/mol. The first-order chi connectivity index (χ1) is 15.3. The number of aliphatic carboxylic acids is 1. The van der Waals surface area contributed by atoms with Gasteiger partial charge in [-0.05, 0) is 111 Å². The fourth-order valence-corrected chi connectivity index (χ4v) is 11.3. The van der Waals surface area contributed by atoms with Crippen molar-refractivity contribution in [1.82, 2.24) is 0 Å². The van der Waals surface area contributed by atoms with Crippen molar-refractivity contribution >= 4 is 11.8 Å². The number of carboxylic acid groups (broad SMARTS) is 1. The zero-order chi connectivity index (χ0) is 24.2.